The van der Waals surface area contributed by atoms with E-state index in [4.69, 9.17) is 0 Å². The van der Waals surface area contributed by atoms with E-state index in [0.29, 0.717) is 5.56 Å². The molecule has 0 amide bonds. The van der Waals surface area contributed by atoms with Gasteiger partial charge in [0.1, 0.15) is 0 Å². The van der Waals surface area contributed by atoms with Gasteiger partial charge in [0.15, 0.2) is 0 Å². The molecule has 118 valence electrons. The Hall–Kier alpha value is -1.77. The number of hydrogen-bond acceptors (Lipinski definition) is 0. The third kappa shape index (κ3) is 4.36. The Morgan fingerprint density at radius 1 is 0.864 bits per heavy atom. The van der Waals surface area contributed by atoms with Gasteiger partial charge in [-0.25, -0.2) is 0 Å². The Bertz CT molecular complexity index is 600. The summed E-state index contributed by atoms with van der Waals surface area (Å²) in [5, 5.41) is 0. The first-order chi connectivity index (χ1) is 10.5. The number of rotatable bonds is 6. The van der Waals surface area contributed by atoms with Gasteiger partial charge in [-0.05, 0) is 41.7 Å². The standard InChI is InChI=1S/C19H21F3/c1-2-3-4-5-9-15-10-6-7-13-18(15)16-11-8-12-17(14-16)19(20,21)22/h6-8,10-14H,2-5,9H2,1H3. The highest BCUT2D eigenvalue weighted by Crippen LogP contribution is 2.33. The highest BCUT2D eigenvalue weighted by Gasteiger charge is 2.30. The summed E-state index contributed by atoms with van der Waals surface area (Å²) in [6.45, 7) is 2.16. The Labute approximate surface area is 130 Å². The topological polar surface area (TPSA) is 0 Å². The zero-order valence-electron chi connectivity index (χ0n) is 12.8. The molecule has 2 aromatic rings. The van der Waals surface area contributed by atoms with Gasteiger partial charge in [-0.2, -0.15) is 13.2 Å². The van der Waals surface area contributed by atoms with Crippen LogP contribution in [0.4, 0.5) is 13.2 Å². The first kappa shape index (κ1) is 16.6. The van der Waals surface area contributed by atoms with E-state index >= 15 is 0 Å². The summed E-state index contributed by atoms with van der Waals surface area (Å²) < 4.78 is 38.6. The summed E-state index contributed by atoms with van der Waals surface area (Å²) in [6.07, 6.45) is 1.22. The van der Waals surface area contributed by atoms with Crippen LogP contribution in [-0.4, -0.2) is 0 Å². The second-order valence-electron chi connectivity index (χ2n) is 5.55. The summed E-state index contributed by atoms with van der Waals surface area (Å²) in [6, 6.07) is 13.3. The van der Waals surface area contributed by atoms with Crippen molar-refractivity contribution >= 4 is 0 Å². The van der Waals surface area contributed by atoms with Gasteiger partial charge in [-0.3, -0.25) is 0 Å². The SMILES string of the molecule is CCCCCCc1ccccc1-c1cccc(C(F)(F)F)c1. The predicted octanol–water partition coefficient (Wildman–Crippen LogP) is 6.50. The molecule has 2 aromatic carbocycles. The molecule has 0 aliphatic rings. The lowest BCUT2D eigenvalue weighted by molar-refractivity contribution is -0.137. The molecule has 3 heteroatoms. The maximum absolute atomic E-state index is 12.9. The molecule has 0 unspecified atom stereocenters. The van der Waals surface area contributed by atoms with Crippen molar-refractivity contribution in [3.63, 3.8) is 0 Å². The van der Waals surface area contributed by atoms with Crippen LogP contribution in [0.25, 0.3) is 11.1 Å². The van der Waals surface area contributed by atoms with Gasteiger partial charge in [-0.15, -0.1) is 0 Å². The number of benzene rings is 2. The summed E-state index contributed by atoms with van der Waals surface area (Å²) in [4.78, 5) is 0. The van der Waals surface area contributed by atoms with Crippen LogP contribution in [0.3, 0.4) is 0 Å². The van der Waals surface area contributed by atoms with E-state index in [1.54, 1.807) is 6.07 Å². The zero-order valence-corrected chi connectivity index (χ0v) is 12.8. The highest BCUT2D eigenvalue weighted by molar-refractivity contribution is 5.68. The zero-order chi connectivity index (χ0) is 16.0. The summed E-state index contributed by atoms with van der Waals surface area (Å²) in [5.41, 5.74) is 2.08. The van der Waals surface area contributed by atoms with Crippen molar-refractivity contribution in [2.24, 2.45) is 0 Å². The van der Waals surface area contributed by atoms with Crippen LogP contribution in [0, 0.1) is 0 Å². The maximum Gasteiger partial charge on any atom is 0.416 e. The average Bonchev–Trinajstić information content (AvgIpc) is 2.51. The van der Waals surface area contributed by atoms with E-state index in [9.17, 15) is 13.2 Å². The van der Waals surface area contributed by atoms with Crippen LogP contribution in [-0.2, 0) is 12.6 Å². The van der Waals surface area contributed by atoms with Crippen LogP contribution in [0.2, 0.25) is 0 Å². The molecular formula is C19H21F3. The van der Waals surface area contributed by atoms with E-state index < -0.39 is 11.7 Å². The molecule has 0 heterocycles. The van der Waals surface area contributed by atoms with Crippen molar-refractivity contribution in [3.05, 3.63) is 59.7 Å². The summed E-state index contributed by atoms with van der Waals surface area (Å²) >= 11 is 0. The largest absolute Gasteiger partial charge is 0.416 e. The van der Waals surface area contributed by atoms with Crippen LogP contribution >= 0.6 is 0 Å². The molecule has 0 nitrogen and oxygen atoms in total. The first-order valence-electron chi connectivity index (χ1n) is 7.78. The van der Waals surface area contributed by atoms with Crippen molar-refractivity contribution in [1.82, 2.24) is 0 Å². The van der Waals surface area contributed by atoms with Crippen molar-refractivity contribution in [2.45, 2.75) is 45.2 Å². The van der Waals surface area contributed by atoms with Crippen LogP contribution in [0.5, 0.6) is 0 Å². The average molecular weight is 306 g/mol. The lowest BCUT2D eigenvalue weighted by atomic mass is 9.94. The van der Waals surface area contributed by atoms with E-state index in [1.807, 2.05) is 24.3 Å². The molecule has 0 saturated carbocycles. The Balaban J connectivity index is 2.25. The van der Waals surface area contributed by atoms with Gasteiger partial charge in [-0.1, -0.05) is 62.6 Å². The van der Waals surface area contributed by atoms with Gasteiger partial charge in [0, 0.05) is 0 Å². The van der Waals surface area contributed by atoms with Gasteiger partial charge in [0.25, 0.3) is 0 Å². The molecule has 22 heavy (non-hydrogen) atoms. The minimum atomic E-state index is -4.30. The number of halogens is 3. The maximum atomic E-state index is 12.9. The first-order valence-corrected chi connectivity index (χ1v) is 7.78. The fourth-order valence-electron chi connectivity index (χ4n) is 2.63. The summed E-state index contributed by atoms with van der Waals surface area (Å²) in [5.74, 6) is 0. The molecule has 0 N–H and O–H groups in total. The second-order valence-corrected chi connectivity index (χ2v) is 5.55. The minimum absolute atomic E-state index is 0.592. The van der Waals surface area contributed by atoms with E-state index in [2.05, 4.69) is 6.92 Å². The molecule has 0 bridgehead atoms. The van der Waals surface area contributed by atoms with E-state index in [0.717, 1.165) is 36.5 Å². The Morgan fingerprint density at radius 2 is 1.64 bits per heavy atom. The summed E-state index contributed by atoms with van der Waals surface area (Å²) in [7, 11) is 0. The number of aryl methyl sites for hydroxylation is 1. The van der Waals surface area contributed by atoms with E-state index in [-0.39, 0.29) is 0 Å². The van der Waals surface area contributed by atoms with Crippen LogP contribution in [0.15, 0.2) is 48.5 Å². The monoisotopic (exact) mass is 306 g/mol. The quantitative estimate of drug-likeness (QED) is 0.535. The van der Waals surface area contributed by atoms with Gasteiger partial charge in [0.2, 0.25) is 0 Å². The molecule has 0 radical (unpaired) electrons. The van der Waals surface area contributed by atoms with E-state index in [1.165, 1.54) is 25.0 Å². The number of unbranched alkanes of at least 4 members (excludes halogenated alkanes) is 3. The van der Waals surface area contributed by atoms with Gasteiger partial charge in [0.05, 0.1) is 5.56 Å². The molecule has 0 aromatic heterocycles. The van der Waals surface area contributed by atoms with Crippen LogP contribution in [0.1, 0.15) is 43.7 Å². The minimum Gasteiger partial charge on any atom is -0.166 e. The highest BCUT2D eigenvalue weighted by atomic mass is 19.4. The lowest BCUT2D eigenvalue weighted by Gasteiger charge is -2.12. The molecule has 0 atom stereocenters. The van der Waals surface area contributed by atoms with Crippen molar-refractivity contribution in [1.29, 1.82) is 0 Å². The fourth-order valence-corrected chi connectivity index (χ4v) is 2.63. The smallest absolute Gasteiger partial charge is 0.166 e. The number of alkyl halides is 3. The molecule has 2 rings (SSSR count). The molecule has 0 spiro atoms. The number of hydrogen-bond donors (Lipinski definition) is 0. The third-order valence-electron chi connectivity index (χ3n) is 3.82. The molecule has 0 fully saturated rings. The second kappa shape index (κ2) is 7.48. The van der Waals surface area contributed by atoms with Crippen molar-refractivity contribution < 1.29 is 13.2 Å². The Kier molecular flexibility index (Phi) is 5.64. The molecule has 0 saturated heterocycles. The fraction of sp³-hybridized carbons (Fsp3) is 0.368. The Morgan fingerprint density at radius 3 is 2.36 bits per heavy atom. The molecular weight excluding hydrogens is 285 g/mol. The lowest BCUT2D eigenvalue weighted by Crippen LogP contribution is -2.04. The van der Waals surface area contributed by atoms with Crippen molar-refractivity contribution in [2.75, 3.05) is 0 Å². The van der Waals surface area contributed by atoms with Gasteiger partial charge >= 0.3 is 6.18 Å². The van der Waals surface area contributed by atoms with Gasteiger partial charge < -0.3 is 0 Å². The molecule has 0 aliphatic carbocycles. The third-order valence-corrected chi connectivity index (χ3v) is 3.82. The van der Waals surface area contributed by atoms with Crippen molar-refractivity contribution in [3.8, 4) is 11.1 Å². The predicted molar refractivity (Wildman–Crippen MR) is 84.7 cm³/mol. The molecule has 0 aliphatic heterocycles. The van der Waals surface area contributed by atoms with Crippen LogP contribution < -0.4 is 0 Å². The normalized spacial score (nSPS) is 11.6.